The Morgan fingerprint density at radius 1 is 1.21 bits per heavy atom. The van der Waals surface area contributed by atoms with Crippen molar-refractivity contribution in [2.45, 2.75) is 26.0 Å². The van der Waals surface area contributed by atoms with Crippen LogP contribution in [0.3, 0.4) is 0 Å². The molecule has 0 saturated heterocycles. The van der Waals surface area contributed by atoms with Gasteiger partial charge in [-0.2, -0.15) is 11.8 Å². The number of thioether (sulfide) groups is 1. The van der Waals surface area contributed by atoms with Gasteiger partial charge in [0.2, 0.25) is 0 Å². The number of non-ortho nitro benzene ring substituents is 1. The van der Waals surface area contributed by atoms with Crippen molar-refractivity contribution in [2.24, 2.45) is 0 Å². The van der Waals surface area contributed by atoms with Crippen LogP contribution in [0.25, 0.3) is 11.0 Å². The smallest absolute Gasteiger partial charge is 0.329 e. The van der Waals surface area contributed by atoms with Crippen LogP contribution < -0.4 is 5.32 Å². The third-order valence-electron chi connectivity index (χ3n) is 4.80. The summed E-state index contributed by atoms with van der Waals surface area (Å²) in [5, 5.41) is 13.7. The molecule has 11 heteroatoms. The fraction of sp³-hybridized carbons (Fsp3) is 0.273. The predicted molar refractivity (Wildman–Crippen MR) is 126 cm³/mol. The molecule has 0 aliphatic rings. The number of para-hydroxylation sites is 2. The molecule has 2 aromatic carbocycles. The van der Waals surface area contributed by atoms with Crippen molar-refractivity contribution in [3.8, 4) is 0 Å². The van der Waals surface area contributed by atoms with E-state index in [4.69, 9.17) is 16.3 Å². The second-order valence-electron chi connectivity index (χ2n) is 7.08. The SMILES string of the molecule is CSCC[C@@H](NC(=O)c1cc([N+](=O)[O-])ccc1Cl)C(=O)OCc1nc2ccccc2nc1C. The van der Waals surface area contributed by atoms with E-state index in [9.17, 15) is 19.7 Å². The Morgan fingerprint density at radius 3 is 2.58 bits per heavy atom. The largest absolute Gasteiger partial charge is 0.458 e. The van der Waals surface area contributed by atoms with Crippen molar-refractivity contribution in [3.63, 3.8) is 0 Å². The molecule has 0 spiro atoms. The summed E-state index contributed by atoms with van der Waals surface area (Å²) in [6.45, 7) is 1.67. The minimum absolute atomic E-state index is 0.0390. The second-order valence-corrected chi connectivity index (χ2v) is 8.47. The molecule has 0 bridgehead atoms. The highest BCUT2D eigenvalue weighted by Gasteiger charge is 2.25. The first-order valence-electron chi connectivity index (χ1n) is 9.92. The molecule has 0 unspecified atom stereocenters. The van der Waals surface area contributed by atoms with Gasteiger partial charge in [0.15, 0.2) is 0 Å². The Kier molecular flexibility index (Phi) is 8.18. The zero-order valence-corrected chi connectivity index (χ0v) is 19.5. The van der Waals surface area contributed by atoms with Crippen LogP contribution in [0.4, 0.5) is 5.69 Å². The normalized spacial score (nSPS) is 11.7. The molecule has 1 atom stereocenters. The van der Waals surface area contributed by atoms with E-state index >= 15 is 0 Å². The number of nitrogens with one attached hydrogen (secondary N) is 1. The number of ether oxygens (including phenoxy) is 1. The number of esters is 1. The summed E-state index contributed by atoms with van der Waals surface area (Å²) in [7, 11) is 0. The highest BCUT2D eigenvalue weighted by molar-refractivity contribution is 7.98. The Balaban J connectivity index is 1.74. The van der Waals surface area contributed by atoms with Crippen LogP contribution in [0.1, 0.15) is 28.2 Å². The van der Waals surface area contributed by atoms with Gasteiger partial charge in [0.05, 0.1) is 37.9 Å². The van der Waals surface area contributed by atoms with E-state index in [1.54, 1.807) is 6.92 Å². The molecule has 0 radical (unpaired) electrons. The maximum Gasteiger partial charge on any atom is 0.329 e. The van der Waals surface area contributed by atoms with Gasteiger partial charge in [-0.1, -0.05) is 23.7 Å². The first kappa shape index (κ1) is 24.4. The number of aromatic nitrogens is 2. The highest BCUT2D eigenvalue weighted by Crippen LogP contribution is 2.22. The van der Waals surface area contributed by atoms with Crippen LogP contribution in [0.5, 0.6) is 0 Å². The molecule has 172 valence electrons. The van der Waals surface area contributed by atoms with E-state index in [0.717, 1.165) is 11.6 Å². The van der Waals surface area contributed by atoms with Gasteiger partial charge in [0, 0.05) is 12.1 Å². The molecule has 1 aromatic heterocycles. The number of amides is 1. The summed E-state index contributed by atoms with van der Waals surface area (Å²) in [6.07, 6.45) is 2.18. The van der Waals surface area contributed by atoms with Gasteiger partial charge in [0.1, 0.15) is 12.6 Å². The number of carbonyl (C=O) groups excluding carboxylic acids is 2. The minimum Gasteiger partial charge on any atom is -0.458 e. The van der Waals surface area contributed by atoms with Crippen molar-refractivity contribution in [1.29, 1.82) is 0 Å². The van der Waals surface area contributed by atoms with Crippen LogP contribution in [-0.4, -0.2) is 44.8 Å². The molecule has 1 heterocycles. The predicted octanol–water partition coefficient (Wildman–Crippen LogP) is 4.09. The average molecular weight is 489 g/mol. The lowest BCUT2D eigenvalue weighted by Gasteiger charge is -2.18. The van der Waals surface area contributed by atoms with E-state index in [0.29, 0.717) is 29.1 Å². The van der Waals surface area contributed by atoms with E-state index in [-0.39, 0.29) is 22.9 Å². The number of nitro groups is 1. The average Bonchev–Trinajstić information content (AvgIpc) is 2.80. The summed E-state index contributed by atoms with van der Waals surface area (Å²) in [5.41, 5.74) is 2.20. The van der Waals surface area contributed by atoms with Gasteiger partial charge in [0.25, 0.3) is 11.6 Å². The van der Waals surface area contributed by atoms with Crippen molar-refractivity contribution in [2.75, 3.05) is 12.0 Å². The van der Waals surface area contributed by atoms with Crippen molar-refractivity contribution < 1.29 is 19.2 Å². The summed E-state index contributed by atoms with van der Waals surface area (Å²) in [5.74, 6) is -0.765. The van der Waals surface area contributed by atoms with E-state index in [1.165, 1.54) is 23.9 Å². The minimum atomic E-state index is -0.964. The number of benzene rings is 2. The number of hydrogen-bond acceptors (Lipinski definition) is 8. The van der Waals surface area contributed by atoms with Crippen molar-refractivity contribution >= 4 is 52.0 Å². The quantitative estimate of drug-likeness (QED) is 0.271. The fourth-order valence-electron chi connectivity index (χ4n) is 3.02. The first-order valence-corrected chi connectivity index (χ1v) is 11.7. The number of nitro benzene ring substituents is 1. The van der Waals surface area contributed by atoms with Gasteiger partial charge in [-0.05, 0) is 43.6 Å². The number of aryl methyl sites for hydroxylation is 1. The number of nitrogens with zero attached hydrogens (tertiary/aromatic N) is 3. The number of fused-ring (bicyclic) bond motifs is 1. The molecule has 3 rings (SSSR count). The molecule has 3 aromatic rings. The van der Waals surface area contributed by atoms with E-state index in [1.807, 2.05) is 30.5 Å². The lowest BCUT2D eigenvalue weighted by atomic mass is 10.1. The Hall–Kier alpha value is -3.24. The zero-order chi connectivity index (χ0) is 24.0. The Bertz CT molecular complexity index is 1210. The van der Waals surface area contributed by atoms with Gasteiger partial charge in [-0.25, -0.2) is 14.8 Å². The lowest BCUT2D eigenvalue weighted by Crippen LogP contribution is -2.42. The Labute approximate surface area is 199 Å². The van der Waals surface area contributed by atoms with Crippen LogP contribution in [0, 0.1) is 17.0 Å². The summed E-state index contributed by atoms with van der Waals surface area (Å²) >= 11 is 7.55. The van der Waals surface area contributed by atoms with E-state index in [2.05, 4.69) is 15.3 Å². The van der Waals surface area contributed by atoms with Gasteiger partial charge < -0.3 is 10.1 Å². The van der Waals surface area contributed by atoms with Gasteiger partial charge in [-0.15, -0.1) is 0 Å². The molecule has 9 nitrogen and oxygen atoms in total. The summed E-state index contributed by atoms with van der Waals surface area (Å²) in [6, 6.07) is 9.95. The number of carbonyl (C=O) groups is 2. The first-order chi connectivity index (χ1) is 15.8. The molecule has 1 amide bonds. The van der Waals surface area contributed by atoms with Crippen LogP contribution in [-0.2, 0) is 16.1 Å². The molecule has 0 aliphatic heterocycles. The van der Waals surface area contributed by atoms with Crippen LogP contribution >= 0.6 is 23.4 Å². The monoisotopic (exact) mass is 488 g/mol. The van der Waals surface area contributed by atoms with Crippen molar-refractivity contribution in [3.05, 3.63) is 74.6 Å². The number of halogens is 1. The van der Waals surface area contributed by atoms with Crippen LogP contribution in [0.15, 0.2) is 42.5 Å². The standard InChI is InChI=1S/C22H21ClN4O5S/c1-13-20(25-18-6-4-3-5-17(18)24-13)12-32-22(29)19(9-10-33-2)26-21(28)15-11-14(27(30)31)7-8-16(15)23/h3-8,11,19H,9-10,12H2,1-2H3,(H,26,28)/t19-/m1/s1. The second kappa shape index (κ2) is 11.1. The molecular weight excluding hydrogens is 468 g/mol. The number of rotatable bonds is 9. The maximum atomic E-state index is 12.8. The molecule has 1 N–H and O–H groups in total. The molecule has 0 saturated carbocycles. The van der Waals surface area contributed by atoms with Crippen LogP contribution in [0.2, 0.25) is 5.02 Å². The third kappa shape index (κ3) is 6.17. The van der Waals surface area contributed by atoms with Gasteiger partial charge in [-0.3, -0.25) is 14.9 Å². The third-order valence-corrected chi connectivity index (χ3v) is 5.77. The molecule has 0 fully saturated rings. The Morgan fingerprint density at radius 2 is 1.91 bits per heavy atom. The summed E-state index contributed by atoms with van der Waals surface area (Å²) in [4.78, 5) is 44.9. The molecule has 33 heavy (non-hydrogen) atoms. The summed E-state index contributed by atoms with van der Waals surface area (Å²) < 4.78 is 5.44. The lowest BCUT2D eigenvalue weighted by molar-refractivity contribution is -0.384. The highest BCUT2D eigenvalue weighted by atomic mass is 35.5. The van der Waals surface area contributed by atoms with E-state index < -0.39 is 22.8 Å². The van der Waals surface area contributed by atoms with Crippen molar-refractivity contribution in [1.82, 2.24) is 15.3 Å². The number of hydrogen-bond donors (Lipinski definition) is 1. The zero-order valence-electron chi connectivity index (χ0n) is 17.9. The fourth-order valence-corrected chi connectivity index (χ4v) is 3.70. The molecular formula is C22H21ClN4O5S. The topological polar surface area (TPSA) is 124 Å². The molecule has 0 aliphatic carbocycles. The van der Waals surface area contributed by atoms with Gasteiger partial charge >= 0.3 is 5.97 Å². The maximum absolute atomic E-state index is 12.8.